The van der Waals surface area contributed by atoms with Crippen molar-refractivity contribution in [2.75, 3.05) is 0 Å². The van der Waals surface area contributed by atoms with E-state index in [1.807, 2.05) is 0 Å². The first kappa shape index (κ1) is 23.2. The van der Waals surface area contributed by atoms with Crippen molar-refractivity contribution in [1.82, 2.24) is 0 Å². The van der Waals surface area contributed by atoms with Crippen molar-refractivity contribution in [3.63, 3.8) is 0 Å². The van der Waals surface area contributed by atoms with Gasteiger partial charge in [0.2, 0.25) is 0 Å². The Labute approximate surface area is 68.1 Å². The minimum absolute atomic E-state index is 0. The zero-order valence-electron chi connectivity index (χ0n) is 3.31. The Morgan fingerprint density at radius 3 is 0.875 bits per heavy atom. The summed E-state index contributed by atoms with van der Waals surface area (Å²) >= 11 is 0. The van der Waals surface area contributed by atoms with Crippen LogP contribution in [0.1, 0.15) is 0 Å². The van der Waals surface area contributed by atoms with Gasteiger partial charge in [-0.15, -0.1) is 0 Å². The van der Waals surface area contributed by atoms with Gasteiger partial charge in [0, 0.05) is 0 Å². The molecule has 0 saturated heterocycles. The summed E-state index contributed by atoms with van der Waals surface area (Å²) in [5.41, 5.74) is 0. The van der Waals surface area contributed by atoms with Crippen LogP contribution in [-0.2, 0) is 0 Å². The second-order valence-corrected chi connectivity index (χ2v) is 0.346. The predicted molar refractivity (Wildman–Crippen MR) is 28.4 cm³/mol. The van der Waals surface area contributed by atoms with Crippen LogP contribution in [-0.4, -0.2) is 67.9 Å². The van der Waals surface area contributed by atoms with Gasteiger partial charge in [0.05, 0.1) is 0 Å². The van der Waals surface area contributed by atoms with E-state index in [0.29, 0.717) is 0 Å². The van der Waals surface area contributed by atoms with E-state index in [9.17, 15) is 0 Å². The summed E-state index contributed by atoms with van der Waals surface area (Å²) in [6, 6.07) is 0. The van der Waals surface area contributed by atoms with Gasteiger partial charge in [-0.1, -0.05) is 0 Å². The molecule has 0 aromatic carbocycles. The number of hydrogen-bond donors (Lipinski definition) is 5. The Morgan fingerprint density at radius 2 is 0.875 bits per heavy atom. The molecule has 0 rings (SSSR count). The second kappa shape index (κ2) is 24.9. The van der Waals surface area contributed by atoms with Crippen LogP contribution in [0.4, 0.5) is 0 Å². The summed E-state index contributed by atoms with van der Waals surface area (Å²) in [6.45, 7) is 0. The van der Waals surface area contributed by atoms with Crippen LogP contribution < -0.4 is 0 Å². The molecule has 0 saturated carbocycles. The summed E-state index contributed by atoms with van der Waals surface area (Å²) in [6.07, 6.45) is 0. The molecule has 0 radical (unpaired) electrons. The summed E-state index contributed by atoms with van der Waals surface area (Å²) in [7, 11) is -2.17. The molecular formula is H8BNaO6. The van der Waals surface area contributed by atoms with E-state index in [2.05, 4.69) is 0 Å². The maximum absolute atomic E-state index is 7.17. The summed E-state index contributed by atoms with van der Waals surface area (Å²) in [4.78, 5) is 0. The fourth-order valence-electron chi connectivity index (χ4n) is 0. The van der Waals surface area contributed by atoms with E-state index in [-0.39, 0.29) is 35.0 Å². The van der Waals surface area contributed by atoms with Gasteiger partial charge >= 0.3 is 36.9 Å². The van der Waals surface area contributed by atoms with Crippen LogP contribution >= 0.6 is 0 Å². The molecule has 0 heterocycles. The molecule has 0 aromatic heterocycles. The molecule has 6 nitrogen and oxygen atoms in total. The Balaban J connectivity index is -0.0000000183. The molecule has 0 fully saturated rings. The normalized spacial score (nSPS) is 4.12. The van der Waals surface area contributed by atoms with E-state index < -0.39 is 7.32 Å². The molecule has 8 heavy (non-hydrogen) atoms. The molecule has 0 aromatic rings. The number of rotatable bonds is 0. The van der Waals surface area contributed by atoms with Crippen LogP contribution in [0.2, 0.25) is 0 Å². The molecule has 8 heteroatoms. The third kappa shape index (κ3) is 340. The molecule has 0 spiro atoms. The number of hydrogen-bond acceptors (Lipinski definition) is 5. The topological polar surface area (TPSA) is 133 Å². The van der Waals surface area contributed by atoms with Crippen molar-refractivity contribution in [3.05, 3.63) is 0 Å². The van der Waals surface area contributed by atoms with Crippen LogP contribution in [0.3, 0.4) is 0 Å². The van der Waals surface area contributed by atoms with Gasteiger partial charge in [-0.05, 0) is 0 Å². The van der Waals surface area contributed by atoms with Gasteiger partial charge < -0.3 is 20.5 Å². The Hall–Kier alpha value is 0.825. The SMILES string of the molecule is O.OB(O)O.OO.[NaH]. The monoisotopic (exact) mass is 138 g/mol. The van der Waals surface area contributed by atoms with Crippen molar-refractivity contribution in [2.24, 2.45) is 0 Å². The van der Waals surface area contributed by atoms with Crippen molar-refractivity contribution < 1.29 is 31.1 Å². The van der Waals surface area contributed by atoms with E-state index >= 15 is 0 Å². The van der Waals surface area contributed by atoms with Gasteiger partial charge in [-0.2, -0.15) is 0 Å². The molecule has 0 aliphatic carbocycles. The molecular weight excluding hydrogens is 130 g/mol. The Morgan fingerprint density at radius 1 is 0.875 bits per heavy atom. The average molecular weight is 138 g/mol. The van der Waals surface area contributed by atoms with Gasteiger partial charge in [0.15, 0.2) is 0 Å². The summed E-state index contributed by atoms with van der Waals surface area (Å²) < 4.78 is 0. The second-order valence-electron chi connectivity index (χ2n) is 0.346. The molecule has 0 aliphatic rings. The van der Waals surface area contributed by atoms with Crippen LogP contribution in [0.15, 0.2) is 0 Å². The standard InChI is InChI=1S/BH3O3.Na.H2O2.H2O.H/c2-1(3)4;;1-2;;/h2-4H;;1-2H;1H2;. The molecule has 0 aliphatic heterocycles. The van der Waals surface area contributed by atoms with Gasteiger partial charge in [-0.3, -0.25) is 10.5 Å². The first-order chi connectivity index (χ1) is 2.73. The fourth-order valence-corrected chi connectivity index (χ4v) is 0. The van der Waals surface area contributed by atoms with Gasteiger partial charge in [-0.25, -0.2) is 0 Å². The summed E-state index contributed by atoms with van der Waals surface area (Å²) in [5.74, 6) is 0. The Bertz CT molecular complexity index is 13.2. The quantitative estimate of drug-likeness (QED) is 0.134. The molecule has 0 atom stereocenters. The fraction of sp³-hybridized carbons (Fsp3) is 0. The first-order valence-corrected chi connectivity index (χ1v) is 0.975. The zero-order valence-corrected chi connectivity index (χ0v) is 3.31. The van der Waals surface area contributed by atoms with E-state index in [1.54, 1.807) is 0 Å². The van der Waals surface area contributed by atoms with Gasteiger partial charge in [0.25, 0.3) is 0 Å². The molecule has 7 N–H and O–H groups in total. The Kier molecular flexibility index (Phi) is 72.3. The van der Waals surface area contributed by atoms with Crippen molar-refractivity contribution in [3.8, 4) is 0 Å². The minimum atomic E-state index is -2.17. The third-order valence-electron chi connectivity index (χ3n) is 0. The van der Waals surface area contributed by atoms with Crippen LogP contribution in [0.25, 0.3) is 0 Å². The first-order valence-electron chi connectivity index (χ1n) is 0.975. The van der Waals surface area contributed by atoms with Gasteiger partial charge in [0.1, 0.15) is 0 Å². The maximum atomic E-state index is 7.17. The van der Waals surface area contributed by atoms with Crippen molar-refractivity contribution >= 4 is 36.9 Å². The summed E-state index contributed by atoms with van der Waals surface area (Å²) in [5, 5.41) is 33.5. The average Bonchev–Trinajstić information content (AvgIpc) is 1.41. The predicted octanol–water partition coefficient (Wildman–Crippen LogP) is -3.51. The third-order valence-corrected chi connectivity index (χ3v) is 0. The van der Waals surface area contributed by atoms with Crippen molar-refractivity contribution in [2.45, 2.75) is 0 Å². The van der Waals surface area contributed by atoms with E-state index in [1.165, 1.54) is 0 Å². The van der Waals surface area contributed by atoms with Crippen LogP contribution in [0, 0.1) is 0 Å². The molecule has 0 amide bonds. The zero-order chi connectivity index (χ0) is 5.58. The molecule has 48 valence electrons. The van der Waals surface area contributed by atoms with E-state index in [0.717, 1.165) is 0 Å². The molecule has 0 unspecified atom stereocenters. The van der Waals surface area contributed by atoms with E-state index in [4.69, 9.17) is 25.6 Å². The van der Waals surface area contributed by atoms with Crippen LogP contribution in [0.5, 0.6) is 0 Å². The van der Waals surface area contributed by atoms with Crippen molar-refractivity contribution in [1.29, 1.82) is 0 Å². The molecule has 0 bridgehead atoms.